The summed E-state index contributed by atoms with van der Waals surface area (Å²) in [5.74, 6) is 0.765. The zero-order chi connectivity index (χ0) is 16.2. The number of fused-ring (bicyclic) bond motifs is 1. The van der Waals surface area contributed by atoms with E-state index in [9.17, 15) is 0 Å². The van der Waals surface area contributed by atoms with Crippen molar-refractivity contribution in [3.05, 3.63) is 48.3 Å². The second-order valence-electron chi connectivity index (χ2n) is 5.84. The summed E-state index contributed by atoms with van der Waals surface area (Å²) in [5, 5.41) is 14.8. The maximum Gasteiger partial charge on any atom is 0.199 e. The van der Waals surface area contributed by atoms with Crippen molar-refractivity contribution in [2.24, 2.45) is 0 Å². The molecule has 1 atom stereocenters. The molecule has 0 unspecified atom stereocenters. The Labute approximate surface area is 139 Å². The van der Waals surface area contributed by atoms with Gasteiger partial charge in [-0.05, 0) is 16.0 Å². The Morgan fingerprint density at radius 2 is 2.12 bits per heavy atom. The molecule has 24 heavy (non-hydrogen) atoms. The Morgan fingerprint density at radius 1 is 1.21 bits per heavy atom. The summed E-state index contributed by atoms with van der Waals surface area (Å²) in [4.78, 5) is 6.56. The number of nitrogens with one attached hydrogen (secondary N) is 1. The molecule has 124 valence electrons. The summed E-state index contributed by atoms with van der Waals surface area (Å²) in [6.45, 7) is 4.22. The van der Waals surface area contributed by atoms with Crippen molar-refractivity contribution in [3.63, 3.8) is 0 Å². The Balaban J connectivity index is 1.36. The van der Waals surface area contributed by atoms with Crippen LogP contribution in [0.4, 0.5) is 5.82 Å². The smallest absolute Gasteiger partial charge is 0.199 e. The van der Waals surface area contributed by atoms with E-state index < -0.39 is 0 Å². The number of aromatic nitrogens is 5. The van der Waals surface area contributed by atoms with Crippen molar-refractivity contribution in [3.8, 4) is 0 Å². The minimum atomic E-state index is 0.120. The molecule has 3 aromatic rings. The number of hydrogen-bond donors (Lipinski definition) is 1. The van der Waals surface area contributed by atoms with Gasteiger partial charge in [-0.1, -0.05) is 30.3 Å². The second kappa shape index (κ2) is 6.90. The Hall–Kier alpha value is -2.58. The molecule has 1 saturated heterocycles. The van der Waals surface area contributed by atoms with Crippen LogP contribution in [-0.4, -0.2) is 62.3 Å². The van der Waals surface area contributed by atoms with Crippen molar-refractivity contribution in [2.45, 2.75) is 12.6 Å². The first-order valence-electron chi connectivity index (χ1n) is 8.02. The van der Waals surface area contributed by atoms with Crippen LogP contribution in [0.3, 0.4) is 0 Å². The highest BCUT2D eigenvalue weighted by Crippen LogP contribution is 2.12. The fourth-order valence-corrected chi connectivity index (χ4v) is 2.90. The largest absolute Gasteiger partial charge is 0.374 e. The predicted molar refractivity (Wildman–Crippen MR) is 88.5 cm³/mol. The zero-order valence-electron chi connectivity index (χ0n) is 13.2. The number of hydrogen-bond acceptors (Lipinski definition) is 7. The van der Waals surface area contributed by atoms with Crippen molar-refractivity contribution >= 4 is 11.5 Å². The third-order valence-electron chi connectivity index (χ3n) is 4.09. The van der Waals surface area contributed by atoms with Crippen molar-refractivity contribution in [1.82, 2.24) is 29.9 Å². The number of anilines is 1. The van der Waals surface area contributed by atoms with Gasteiger partial charge in [-0.2, -0.15) is 4.52 Å². The topological polar surface area (TPSA) is 80.5 Å². The normalized spacial score (nSPS) is 18.8. The fraction of sp³-hybridized carbons (Fsp3) is 0.375. The molecule has 1 aromatic carbocycles. The number of rotatable bonds is 5. The van der Waals surface area contributed by atoms with Crippen LogP contribution in [0.15, 0.2) is 42.7 Å². The van der Waals surface area contributed by atoms with Gasteiger partial charge in [0.2, 0.25) is 0 Å². The molecule has 3 heterocycles. The minimum absolute atomic E-state index is 0.120. The number of nitrogens with zero attached hydrogens (tertiary/aromatic N) is 6. The maximum atomic E-state index is 5.88. The van der Waals surface area contributed by atoms with Crippen molar-refractivity contribution in [2.75, 3.05) is 31.6 Å². The SMILES string of the molecule is c1ccc(CN2CCO[C@@H](CNc3cncc4nnnn34)C2)cc1. The standard InChI is InChI=1S/C16H19N7O/c1-2-4-13(5-3-1)11-22-6-7-24-14(12-22)8-18-15-9-17-10-16-19-20-21-23(15)16/h1-5,9-10,14,18H,6-8,11-12H2/t14-/m0/s1. The van der Waals surface area contributed by atoms with E-state index in [4.69, 9.17) is 4.74 Å². The van der Waals surface area contributed by atoms with Crippen LogP contribution in [-0.2, 0) is 11.3 Å². The minimum Gasteiger partial charge on any atom is -0.374 e. The fourth-order valence-electron chi connectivity index (χ4n) is 2.90. The van der Waals surface area contributed by atoms with Gasteiger partial charge < -0.3 is 10.1 Å². The summed E-state index contributed by atoms with van der Waals surface area (Å²) < 4.78 is 7.51. The molecule has 1 fully saturated rings. The molecule has 8 heteroatoms. The summed E-state index contributed by atoms with van der Waals surface area (Å²) in [7, 11) is 0. The van der Waals surface area contributed by atoms with Crippen molar-refractivity contribution < 1.29 is 4.74 Å². The molecule has 0 bridgehead atoms. The lowest BCUT2D eigenvalue weighted by Gasteiger charge is -2.33. The molecule has 0 spiro atoms. The molecule has 1 aliphatic heterocycles. The molecule has 4 rings (SSSR count). The number of benzene rings is 1. The van der Waals surface area contributed by atoms with E-state index in [0.717, 1.165) is 32.1 Å². The third-order valence-corrected chi connectivity index (χ3v) is 4.09. The van der Waals surface area contributed by atoms with Gasteiger partial charge in [-0.3, -0.25) is 9.88 Å². The lowest BCUT2D eigenvalue weighted by Crippen LogP contribution is -2.44. The van der Waals surface area contributed by atoms with Gasteiger partial charge in [0.15, 0.2) is 11.5 Å². The Morgan fingerprint density at radius 3 is 3.04 bits per heavy atom. The van der Waals surface area contributed by atoms with Gasteiger partial charge >= 0.3 is 0 Å². The van der Waals surface area contributed by atoms with Crippen LogP contribution in [0.2, 0.25) is 0 Å². The van der Waals surface area contributed by atoms with Gasteiger partial charge in [0.05, 0.1) is 25.1 Å². The van der Waals surface area contributed by atoms with Gasteiger partial charge in [0, 0.05) is 26.2 Å². The van der Waals surface area contributed by atoms with E-state index in [0.29, 0.717) is 12.2 Å². The van der Waals surface area contributed by atoms with Gasteiger partial charge in [0.1, 0.15) is 0 Å². The van der Waals surface area contributed by atoms with E-state index >= 15 is 0 Å². The molecule has 0 aliphatic carbocycles. The molecule has 0 saturated carbocycles. The molecular formula is C16H19N7O. The average Bonchev–Trinajstić information content (AvgIpc) is 3.10. The van der Waals surface area contributed by atoms with Crippen molar-refractivity contribution in [1.29, 1.82) is 0 Å². The first-order chi connectivity index (χ1) is 11.9. The van der Waals surface area contributed by atoms with Gasteiger partial charge in [-0.15, -0.1) is 5.10 Å². The Bertz CT molecular complexity index is 791. The highest BCUT2D eigenvalue weighted by molar-refractivity contribution is 5.43. The van der Waals surface area contributed by atoms with E-state index in [2.05, 4.69) is 55.0 Å². The molecule has 2 aromatic heterocycles. The highest BCUT2D eigenvalue weighted by Gasteiger charge is 2.20. The van der Waals surface area contributed by atoms with Gasteiger partial charge in [-0.25, -0.2) is 0 Å². The van der Waals surface area contributed by atoms with E-state index in [1.807, 2.05) is 6.07 Å². The average molecular weight is 325 g/mol. The van der Waals surface area contributed by atoms with Crippen LogP contribution in [0, 0.1) is 0 Å². The first-order valence-corrected chi connectivity index (χ1v) is 8.02. The first kappa shape index (κ1) is 15.0. The molecular weight excluding hydrogens is 306 g/mol. The molecule has 1 aliphatic rings. The predicted octanol–water partition coefficient (Wildman–Crippen LogP) is 0.832. The number of morpholine rings is 1. The summed E-state index contributed by atoms with van der Waals surface area (Å²) in [5.41, 5.74) is 1.95. The lowest BCUT2D eigenvalue weighted by atomic mass is 10.2. The third kappa shape index (κ3) is 3.34. The maximum absolute atomic E-state index is 5.88. The molecule has 1 N–H and O–H groups in total. The van der Waals surface area contributed by atoms with Crippen LogP contribution in [0.5, 0.6) is 0 Å². The van der Waals surface area contributed by atoms with Crippen LogP contribution >= 0.6 is 0 Å². The van der Waals surface area contributed by atoms with Gasteiger partial charge in [0.25, 0.3) is 0 Å². The number of tetrazole rings is 1. The molecule has 0 radical (unpaired) electrons. The van der Waals surface area contributed by atoms with Crippen LogP contribution in [0.1, 0.15) is 5.56 Å². The monoisotopic (exact) mass is 325 g/mol. The summed E-state index contributed by atoms with van der Waals surface area (Å²) in [6.07, 6.45) is 3.46. The van der Waals surface area contributed by atoms with Crippen LogP contribution in [0.25, 0.3) is 5.65 Å². The quantitative estimate of drug-likeness (QED) is 0.744. The molecule has 8 nitrogen and oxygen atoms in total. The van der Waals surface area contributed by atoms with E-state index in [-0.39, 0.29) is 6.10 Å². The van der Waals surface area contributed by atoms with Crippen LogP contribution < -0.4 is 5.32 Å². The highest BCUT2D eigenvalue weighted by atomic mass is 16.5. The van der Waals surface area contributed by atoms with E-state index in [1.54, 1.807) is 16.9 Å². The lowest BCUT2D eigenvalue weighted by molar-refractivity contribution is -0.0240. The summed E-state index contributed by atoms with van der Waals surface area (Å²) >= 11 is 0. The summed E-state index contributed by atoms with van der Waals surface area (Å²) in [6, 6.07) is 10.5. The van der Waals surface area contributed by atoms with E-state index in [1.165, 1.54) is 5.56 Å². The second-order valence-corrected chi connectivity index (χ2v) is 5.84. The zero-order valence-corrected chi connectivity index (χ0v) is 13.2. The number of ether oxygens (including phenoxy) is 1. The Kier molecular flexibility index (Phi) is 4.30. The molecule has 0 amide bonds.